The first-order chi connectivity index (χ1) is 6.00. The van der Waals surface area contributed by atoms with Crippen molar-refractivity contribution >= 4 is 5.78 Å². The Hall–Kier alpha value is -0.630. The van der Waals surface area contributed by atoms with Crippen molar-refractivity contribution in [1.82, 2.24) is 0 Å². The fourth-order valence-electron chi connectivity index (χ4n) is 2.58. The summed E-state index contributed by atoms with van der Waals surface area (Å²) < 4.78 is 5.52. The van der Waals surface area contributed by atoms with E-state index in [9.17, 15) is 4.79 Å². The number of Topliss-reactive ketones (excluding diaryl/α,β-unsaturated/α-hetero) is 1. The molecule has 0 aromatic rings. The molecule has 1 fully saturated rings. The molecular formula is C11H16O2. The molecule has 0 amide bonds. The van der Waals surface area contributed by atoms with Crippen molar-refractivity contribution in [2.75, 3.05) is 7.11 Å². The Kier molecular flexibility index (Phi) is 1.68. The highest BCUT2D eigenvalue weighted by Gasteiger charge is 2.51. The highest BCUT2D eigenvalue weighted by Crippen LogP contribution is 2.49. The molecule has 3 aliphatic carbocycles. The predicted octanol–water partition coefficient (Wildman–Crippen LogP) is 1.95. The van der Waals surface area contributed by atoms with E-state index in [2.05, 4.69) is 19.1 Å². The molecule has 0 saturated heterocycles. The molecule has 0 radical (unpaired) electrons. The monoisotopic (exact) mass is 180 g/mol. The lowest BCUT2D eigenvalue weighted by Crippen LogP contribution is -2.52. The number of hydrogen-bond acceptors (Lipinski definition) is 2. The fraction of sp³-hybridized carbons (Fsp3) is 0.727. The number of carbonyl (C=O) groups is 1. The van der Waals surface area contributed by atoms with Crippen molar-refractivity contribution in [3.8, 4) is 0 Å². The average molecular weight is 180 g/mol. The van der Waals surface area contributed by atoms with Crippen LogP contribution in [0.5, 0.6) is 0 Å². The van der Waals surface area contributed by atoms with E-state index in [1.165, 1.54) is 0 Å². The second-order valence-corrected chi connectivity index (χ2v) is 4.70. The molecule has 0 heterocycles. The van der Waals surface area contributed by atoms with E-state index < -0.39 is 0 Å². The van der Waals surface area contributed by atoms with Gasteiger partial charge in [0.05, 0.1) is 5.60 Å². The number of methoxy groups -OCH3 is 1. The number of hydrogen-bond donors (Lipinski definition) is 0. The van der Waals surface area contributed by atoms with Gasteiger partial charge >= 0.3 is 0 Å². The molecule has 3 atom stereocenters. The molecule has 72 valence electrons. The molecule has 2 bridgehead atoms. The van der Waals surface area contributed by atoms with Gasteiger partial charge in [0.25, 0.3) is 0 Å². The standard InChI is InChI=1S/C11H16O2/c1-10-5-4-8(6-9(10)12)11(2,7-10)13-3/h4-5,8H,6-7H2,1-3H3. The first kappa shape index (κ1) is 8.95. The molecule has 13 heavy (non-hydrogen) atoms. The summed E-state index contributed by atoms with van der Waals surface area (Å²) in [7, 11) is 1.74. The number of ether oxygens (including phenoxy) is 1. The molecule has 2 nitrogen and oxygen atoms in total. The van der Waals surface area contributed by atoms with Gasteiger partial charge in [0.1, 0.15) is 5.78 Å². The zero-order valence-corrected chi connectivity index (χ0v) is 8.46. The van der Waals surface area contributed by atoms with Gasteiger partial charge in [0.2, 0.25) is 0 Å². The minimum atomic E-state index is -0.264. The number of allylic oxidation sites excluding steroid dienone is 1. The molecule has 0 aliphatic heterocycles. The molecular weight excluding hydrogens is 164 g/mol. The van der Waals surface area contributed by atoms with Gasteiger partial charge in [-0.25, -0.2) is 0 Å². The lowest BCUT2D eigenvalue weighted by Gasteiger charge is -2.49. The van der Waals surface area contributed by atoms with Gasteiger partial charge < -0.3 is 4.74 Å². The van der Waals surface area contributed by atoms with Crippen LogP contribution in [0.25, 0.3) is 0 Å². The van der Waals surface area contributed by atoms with Crippen LogP contribution in [0.4, 0.5) is 0 Å². The van der Waals surface area contributed by atoms with Gasteiger partial charge in [-0.3, -0.25) is 4.79 Å². The number of ketones is 1. The van der Waals surface area contributed by atoms with Crippen LogP contribution in [0.2, 0.25) is 0 Å². The molecule has 1 saturated carbocycles. The summed E-state index contributed by atoms with van der Waals surface area (Å²) in [6.45, 7) is 4.12. The normalized spacial score (nSPS) is 48.5. The van der Waals surface area contributed by atoms with E-state index in [1.54, 1.807) is 7.11 Å². The van der Waals surface area contributed by atoms with Crippen molar-refractivity contribution in [3.05, 3.63) is 12.2 Å². The van der Waals surface area contributed by atoms with E-state index in [4.69, 9.17) is 4.74 Å². The number of fused-ring (bicyclic) bond motifs is 2. The molecule has 0 N–H and O–H groups in total. The van der Waals surface area contributed by atoms with Crippen LogP contribution in [0.15, 0.2) is 12.2 Å². The smallest absolute Gasteiger partial charge is 0.143 e. The lowest BCUT2D eigenvalue weighted by atomic mass is 9.59. The molecule has 2 heteroatoms. The Labute approximate surface area is 79.0 Å². The molecule has 3 rings (SSSR count). The summed E-state index contributed by atoms with van der Waals surface area (Å²) in [5.74, 6) is 0.654. The van der Waals surface area contributed by atoms with E-state index in [0.29, 0.717) is 12.2 Å². The maximum Gasteiger partial charge on any atom is 0.143 e. The van der Waals surface area contributed by atoms with Crippen molar-refractivity contribution in [1.29, 1.82) is 0 Å². The van der Waals surface area contributed by atoms with Gasteiger partial charge in [-0.05, 0) is 20.3 Å². The Morgan fingerprint density at radius 3 is 2.69 bits per heavy atom. The topological polar surface area (TPSA) is 26.3 Å². The van der Waals surface area contributed by atoms with Crippen LogP contribution < -0.4 is 0 Å². The highest BCUT2D eigenvalue weighted by atomic mass is 16.5. The third kappa shape index (κ3) is 1.08. The summed E-state index contributed by atoms with van der Waals surface area (Å²) >= 11 is 0. The largest absolute Gasteiger partial charge is 0.378 e. The van der Waals surface area contributed by atoms with Crippen molar-refractivity contribution in [2.24, 2.45) is 11.3 Å². The molecule has 3 aliphatic rings. The molecule has 3 unspecified atom stereocenters. The molecule has 0 aromatic heterocycles. The van der Waals surface area contributed by atoms with Crippen LogP contribution in [0, 0.1) is 11.3 Å². The number of rotatable bonds is 1. The summed E-state index contributed by atoms with van der Waals surface area (Å²) in [5.41, 5.74) is -0.392. The first-order valence-electron chi connectivity index (χ1n) is 4.78. The van der Waals surface area contributed by atoms with E-state index in [1.807, 2.05) is 6.92 Å². The highest BCUT2D eigenvalue weighted by molar-refractivity contribution is 5.89. The quantitative estimate of drug-likeness (QED) is 0.576. The summed E-state index contributed by atoms with van der Waals surface area (Å²) in [6.07, 6.45) is 5.69. The number of carbonyl (C=O) groups excluding carboxylic acids is 1. The van der Waals surface area contributed by atoms with Gasteiger partial charge in [-0.1, -0.05) is 12.2 Å². The summed E-state index contributed by atoms with van der Waals surface area (Å²) in [4.78, 5) is 11.7. The minimum absolute atomic E-state index is 0.128. The molecule has 0 aromatic carbocycles. The van der Waals surface area contributed by atoms with Gasteiger partial charge in [0, 0.05) is 24.9 Å². The van der Waals surface area contributed by atoms with Gasteiger partial charge in [-0.15, -0.1) is 0 Å². The van der Waals surface area contributed by atoms with Crippen LogP contribution in [-0.4, -0.2) is 18.5 Å². The van der Waals surface area contributed by atoms with Crippen molar-refractivity contribution < 1.29 is 9.53 Å². The Morgan fingerprint density at radius 1 is 1.54 bits per heavy atom. The maximum absolute atomic E-state index is 11.7. The van der Waals surface area contributed by atoms with E-state index in [-0.39, 0.29) is 16.9 Å². The van der Waals surface area contributed by atoms with Crippen LogP contribution in [0.1, 0.15) is 26.7 Å². The third-order valence-electron chi connectivity index (χ3n) is 3.71. The predicted molar refractivity (Wildman–Crippen MR) is 50.4 cm³/mol. The zero-order valence-electron chi connectivity index (χ0n) is 8.46. The third-order valence-corrected chi connectivity index (χ3v) is 3.71. The second kappa shape index (κ2) is 2.44. The lowest BCUT2D eigenvalue weighted by molar-refractivity contribution is -0.145. The summed E-state index contributed by atoms with van der Waals surface area (Å²) in [5, 5.41) is 0. The maximum atomic E-state index is 11.7. The Morgan fingerprint density at radius 2 is 2.23 bits per heavy atom. The zero-order chi connectivity index (χ0) is 9.69. The summed E-state index contributed by atoms with van der Waals surface area (Å²) in [6, 6.07) is 0. The minimum Gasteiger partial charge on any atom is -0.378 e. The Balaban J connectivity index is 2.39. The SMILES string of the molecule is COC1(C)CC2(C)C=CC1CC2=O. The Bertz CT molecular complexity index is 282. The van der Waals surface area contributed by atoms with Crippen LogP contribution in [0.3, 0.4) is 0 Å². The molecule has 0 spiro atoms. The van der Waals surface area contributed by atoms with Gasteiger partial charge in [-0.2, -0.15) is 0 Å². The van der Waals surface area contributed by atoms with Crippen LogP contribution >= 0.6 is 0 Å². The van der Waals surface area contributed by atoms with Crippen molar-refractivity contribution in [2.45, 2.75) is 32.3 Å². The van der Waals surface area contributed by atoms with E-state index >= 15 is 0 Å². The fourth-order valence-corrected chi connectivity index (χ4v) is 2.58. The van der Waals surface area contributed by atoms with Crippen molar-refractivity contribution in [3.63, 3.8) is 0 Å². The van der Waals surface area contributed by atoms with Gasteiger partial charge in [0.15, 0.2) is 0 Å². The van der Waals surface area contributed by atoms with E-state index in [0.717, 1.165) is 6.42 Å². The van der Waals surface area contributed by atoms with Crippen LogP contribution in [-0.2, 0) is 9.53 Å². The average Bonchev–Trinajstić information content (AvgIpc) is 2.08. The second-order valence-electron chi connectivity index (χ2n) is 4.70. The first-order valence-corrected chi connectivity index (χ1v) is 4.78.